The summed E-state index contributed by atoms with van der Waals surface area (Å²) in [5, 5.41) is 6.00. The van der Waals surface area contributed by atoms with Gasteiger partial charge in [-0.15, -0.1) is 0 Å². The van der Waals surface area contributed by atoms with Crippen LogP contribution in [0.1, 0.15) is 23.2 Å². The van der Waals surface area contributed by atoms with Crippen molar-refractivity contribution in [2.45, 2.75) is 12.8 Å². The number of methoxy groups -OCH3 is 1. The zero-order chi connectivity index (χ0) is 18.2. The van der Waals surface area contributed by atoms with Gasteiger partial charge in [-0.05, 0) is 48.9 Å². The molecule has 0 unspecified atom stereocenters. The predicted octanol–water partition coefficient (Wildman–Crippen LogP) is 4.26. The van der Waals surface area contributed by atoms with Crippen LogP contribution in [0.3, 0.4) is 0 Å². The van der Waals surface area contributed by atoms with Gasteiger partial charge < -0.3 is 15.4 Å². The summed E-state index contributed by atoms with van der Waals surface area (Å²) in [6, 6.07) is 12.1. The number of nitrogens with one attached hydrogen (secondary N) is 2. The summed E-state index contributed by atoms with van der Waals surface area (Å²) in [7, 11) is 1.57. The van der Waals surface area contributed by atoms with Crippen LogP contribution in [0.4, 0.5) is 5.69 Å². The lowest BCUT2D eigenvalue weighted by molar-refractivity contribution is -0.116. The van der Waals surface area contributed by atoms with Crippen molar-refractivity contribution in [2.24, 2.45) is 0 Å². The normalized spacial score (nSPS) is 10.2. The number of hydrogen-bond acceptors (Lipinski definition) is 3. The monoisotopic (exact) mass is 424 g/mol. The number of anilines is 1. The Bertz CT molecular complexity index is 750. The van der Waals surface area contributed by atoms with Gasteiger partial charge in [0, 0.05) is 23.0 Å². The van der Waals surface area contributed by atoms with E-state index in [-0.39, 0.29) is 18.2 Å². The van der Waals surface area contributed by atoms with Gasteiger partial charge in [-0.1, -0.05) is 27.5 Å². The second-order valence-corrected chi connectivity index (χ2v) is 6.58. The van der Waals surface area contributed by atoms with E-state index in [1.165, 1.54) is 0 Å². The van der Waals surface area contributed by atoms with E-state index in [2.05, 4.69) is 26.6 Å². The second-order valence-electron chi connectivity index (χ2n) is 5.26. The minimum Gasteiger partial charge on any atom is -0.497 e. The Kier molecular flexibility index (Phi) is 7.28. The van der Waals surface area contributed by atoms with Gasteiger partial charge in [-0.3, -0.25) is 9.59 Å². The number of amides is 2. The summed E-state index contributed by atoms with van der Waals surface area (Å²) >= 11 is 9.37. The zero-order valence-electron chi connectivity index (χ0n) is 13.6. The molecule has 0 saturated carbocycles. The first-order valence-corrected chi connectivity index (χ1v) is 8.84. The van der Waals surface area contributed by atoms with E-state index in [1.54, 1.807) is 49.6 Å². The molecule has 2 N–H and O–H groups in total. The van der Waals surface area contributed by atoms with Crippen LogP contribution in [0.15, 0.2) is 46.9 Å². The molecule has 2 rings (SSSR count). The third-order valence-corrected chi connectivity index (χ3v) is 4.23. The van der Waals surface area contributed by atoms with E-state index in [1.807, 2.05) is 0 Å². The largest absolute Gasteiger partial charge is 0.497 e. The van der Waals surface area contributed by atoms with Crippen LogP contribution in [0.2, 0.25) is 5.02 Å². The molecule has 7 heteroatoms. The lowest BCUT2D eigenvalue weighted by atomic mass is 10.2. The van der Waals surface area contributed by atoms with E-state index < -0.39 is 0 Å². The van der Waals surface area contributed by atoms with E-state index in [4.69, 9.17) is 16.3 Å². The highest BCUT2D eigenvalue weighted by atomic mass is 79.9. The van der Waals surface area contributed by atoms with E-state index in [0.29, 0.717) is 35.0 Å². The highest BCUT2D eigenvalue weighted by Crippen LogP contribution is 2.25. The molecule has 0 fully saturated rings. The van der Waals surface area contributed by atoms with Crippen molar-refractivity contribution in [1.29, 1.82) is 0 Å². The third-order valence-electron chi connectivity index (χ3n) is 3.42. The summed E-state index contributed by atoms with van der Waals surface area (Å²) in [4.78, 5) is 23.9. The average molecular weight is 426 g/mol. The molecule has 5 nitrogen and oxygen atoms in total. The van der Waals surface area contributed by atoms with E-state index in [9.17, 15) is 9.59 Å². The molecule has 0 aliphatic carbocycles. The highest BCUT2D eigenvalue weighted by molar-refractivity contribution is 9.10. The fourth-order valence-corrected chi connectivity index (χ4v) is 2.82. The summed E-state index contributed by atoms with van der Waals surface area (Å²) in [5.74, 6) is 0.363. The van der Waals surface area contributed by atoms with Crippen molar-refractivity contribution >= 4 is 45.0 Å². The Morgan fingerprint density at radius 3 is 2.52 bits per heavy atom. The first-order valence-electron chi connectivity index (χ1n) is 7.67. The zero-order valence-corrected chi connectivity index (χ0v) is 16.0. The molecule has 0 aromatic heterocycles. The van der Waals surface area contributed by atoms with E-state index in [0.717, 1.165) is 4.47 Å². The maximum atomic E-state index is 12.0. The molecule has 2 aromatic carbocycles. The van der Waals surface area contributed by atoms with Gasteiger partial charge >= 0.3 is 0 Å². The smallest absolute Gasteiger partial charge is 0.251 e. The first-order chi connectivity index (χ1) is 12.0. The number of ether oxygens (including phenoxy) is 1. The molecule has 0 spiro atoms. The first kappa shape index (κ1) is 19.3. The predicted molar refractivity (Wildman–Crippen MR) is 102 cm³/mol. The van der Waals surface area contributed by atoms with Crippen molar-refractivity contribution in [3.63, 3.8) is 0 Å². The molecule has 2 amide bonds. The van der Waals surface area contributed by atoms with Crippen LogP contribution in [0.5, 0.6) is 5.75 Å². The fourth-order valence-electron chi connectivity index (χ4n) is 2.10. The van der Waals surface area contributed by atoms with Crippen molar-refractivity contribution in [2.75, 3.05) is 19.0 Å². The molecular weight excluding hydrogens is 408 g/mol. The Hall–Kier alpha value is -2.05. The maximum absolute atomic E-state index is 12.0. The minimum atomic E-state index is -0.181. The second kappa shape index (κ2) is 9.44. The number of benzene rings is 2. The highest BCUT2D eigenvalue weighted by Gasteiger charge is 2.08. The van der Waals surface area contributed by atoms with Crippen molar-refractivity contribution in [3.05, 3.63) is 57.5 Å². The van der Waals surface area contributed by atoms with Crippen LogP contribution in [0.25, 0.3) is 0 Å². The molecule has 0 atom stereocenters. The van der Waals surface area contributed by atoms with Gasteiger partial charge in [0.2, 0.25) is 5.91 Å². The fraction of sp³-hybridized carbons (Fsp3) is 0.222. The molecule has 0 saturated heterocycles. The standard InChI is InChI=1S/C18H18BrClN2O3/c1-25-14-7-4-12(5-8-14)18(24)21-10-2-3-17(23)22-16-9-6-13(19)11-15(16)20/h4-9,11H,2-3,10H2,1H3,(H,21,24)(H,22,23). The van der Waals surface area contributed by atoms with Crippen molar-refractivity contribution < 1.29 is 14.3 Å². The van der Waals surface area contributed by atoms with Gasteiger partial charge in [0.25, 0.3) is 5.91 Å². The topological polar surface area (TPSA) is 67.4 Å². The summed E-state index contributed by atoms with van der Waals surface area (Å²) in [5.41, 5.74) is 1.11. The molecule has 0 bridgehead atoms. The Labute approximate surface area is 159 Å². The van der Waals surface area contributed by atoms with Crippen LogP contribution >= 0.6 is 27.5 Å². The summed E-state index contributed by atoms with van der Waals surface area (Å²) in [6.07, 6.45) is 0.817. The molecule has 2 aromatic rings. The van der Waals surface area contributed by atoms with Gasteiger partial charge in [0.05, 0.1) is 17.8 Å². The quantitative estimate of drug-likeness (QED) is 0.651. The van der Waals surface area contributed by atoms with Crippen LogP contribution in [-0.2, 0) is 4.79 Å². The lowest BCUT2D eigenvalue weighted by Gasteiger charge is -2.08. The molecule has 0 aliphatic heterocycles. The number of halogens is 2. The van der Waals surface area contributed by atoms with Crippen molar-refractivity contribution in [1.82, 2.24) is 5.32 Å². The van der Waals surface area contributed by atoms with Crippen molar-refractivity contribution in [3.8, 4) is 5.75 Å². The molecule has 0 radical (unpaired) electrons. The van der Waals surface area contributed by atoms with Crippen LogP contribution in [0, 0.1) is 0 Å². The summed E-state index contributed by atoms with van der Waals surface area (Å²) in [6.45, 7) is 0.409. The minimum absolute atomic E-state index is 0.150. The Morgan fingerprint density at radius 1 is 1.16 bits per heavy atom. The lowest BCUT2D eigenvalue weighted by Crippen LogP contribution is -2.25. The third kappa shape index (κ3) is 6.07. The van der Waals surface area contributed by atoms with Gasteiger partial charge in [-0.2, -0.15) is 0 Å². The maximum Gasteiger partial charge on any atom is 0.251 e. The molecule has 132 valence electrons. The summed E-state index contributed by atoms with van der Waals surface area (Å²) < 4.78 is 5.89. The molecule has 0 heterocycles. The SMILES string of the molecule is COc1ccc(C(=O)NCCCC(=O)Nc2ccc(Br)cc2Cl)cc1. The Morgan fingerprint density at radius 2 is 1.88 bits per heavy atom. The van der Waals surface area contributed by atoms with Gasteiger partial charge in [0.1, 0.15) is 5.75 Å². The van der Waals surface area contributed by atoms with Gasteiger partial charge in [-0.25, -0.2) is 0 Å². The molecular formula is C18H18BrClN2O3. The van der Waals surface area contributed by atoms with Crippen LogP contribution in [-0.4, -0.2) is 25.5 Å². The molecule has 0 aliphatic rings. The number of rotatable bonds is 7. The average Bonchev–Trinajstić information content (AvgIpc) is 2.61. The number of hydrogen-bond donors (Lipinski definition) is 2. The Balaban J connectivity index is 1.72. The number of carbonyl (C=O) groups is 2. The number of carbonyl (C=O) groups excluding carboxylic acids is 2. The molecule has 25 heavy (non-hydrogen) atoms. The van der Waals surface area contributed by atoms with E-state index >= 15 is 0 Å². The van der Waals surface area contributed by atoms with Crippen LogP contribution < -0.4 is 15.4 Å². The van der Waals surface area contributed by atoms with Gasteiger partial charge in [0.15, 0.2) is 0 Å².